The molecule has 0 amide bonds. The monoisotopic (exact) mass is 408 g/mol. The van der Waals surface area contributed by atoms with Crippen LogP contribution in [0.1, 0.15) is 110 Å². The van der Waals surface area contributed by atoms with E-state index in [1.807, 2.05) is 0 Å². The molecular weight excluding hydrogens is 364 g/mol. The number of rotatable bonds is 21. The highest BCUT2D eigenvalue weighted by molar-refractivity contribution is 5.86. The number of carbonyl (C=O) groups excluding carboxylic acids is 2. The molecule has 29 heavy (non-hydrogen) atoms. The van der Waals surface area contributed by atoms with Crippen LogP contribution in [0.4, 0.5) is 0 Å². The number of hydrogen-bond donors (Lipinski definition) is 0. The lowest BCUT2D eigenvalue weighted by atomic mass is 10.0. The van der Waals surface area contributed by atoms with Gasteiger partial charge in [-0.05, 0) is 19.8 Å². The van der Waals surface area contributed by atoms with Gasteiger partial charge in [0.2, 0.25) is 0 Å². The van der Waals surface area contributed by atoms with Gasteiger partial charge < -0.3 is 9.47 Å². The molecule has 0 aliphatic heterocycles. The fraction of sp³-hybridized carbons (Fsp3) is 0.760. The first-order chi connectivity index (χ1) is 14.1. The van der Waals surface area contributed by atoms with E-state index in [1.54, 1.807) is 6.92 Å². The molecule has 0 heterocycles. The maximum absolute atomic E-state index is 11.2. The molecule has 0 fully saturated rings. The van der Waals surface area contributed by atoms with Crippen LogP contribution >= 0.6 is 0 Å². The zero-order valence-electron chi connectivity index (χ0n) is 18.9. The van der Waals surface area contributed by atoms with Crippen molar-refractivity contribution < 1.29 is 19.1 Å². The summed E-state index contributed by atoms with van der Waals surface area (Å²) in [6.45, 7) is 9.68. The van der Waals surface area contributed by atoms with Crippen LogP contribution in [0.3, 0.4) is 0 Å². The molecule has 0 bridgehead atoms. The van der Waals surface area contributed by atoms with Gasteiger partial charge >= 0.3 is 11.9 Å². The van der Waals surface area contributed by atoms with Crippen molar-refractivity contribution in [1.29, 1.82) is 0 Å². The van der Waals surface area contributed by atoms with E-state index in [0.29, 0.717) is 18.8 Å². The molecule has 0 spiro atoms. The van der Waals surface area contributed by atoms with Crippen LogP contribution in [0.25, 0.3) is 0 Å². The Morgan fingerprint density at radius 3 is 1.24 bits per heavy atom. The summed E-state index contributed by atoms with van der Waals surface area (Å²) in [5.41, 5.74) is 0.477. The maximum Gasteiger partial charge on any atom is 0.333 e. The Morgan fingerprint density at radius 1 is 0.621 bits per heavy atom. The Hall–Kier alpha value is -1.58. The fourth-order valence-electron chi connectivity index (χ4n) is 3.20. The molecule has 0 unspecified atom stereocenters. The van der Waals surface area contributed by atoms with Crippen molar-refractivity contribution in [2.45, 2.75) is 110 Å². The standard InChI is InChI=1S/C25H44O4/c1-4-24(26)28-21-19-17-15-13-11-9-7-5-6-8-10-12-14-16-18-20-22-29-25(27)23(2)3/h4H,1-2,5-22H2,3H3. The lowest BCUT2D eigenvalue weighted by Gasteiger charge is -2.05. The molecule has 0 N–H and O–H groups in total. The van der Waals surface area contributed by atoms with Crippen LogP contribution in [0.15, 0.2) is 24.8 Å². The van der Waals surface area contributed by atoms with Crippen LogP contribution < -0.4 is 0 Å². The second-order valence-electron chi connectivity index (χ2n) is 7.94. The topological polar surface area (TPSA) is 52.6 Å². The second-order valence-corrected chi connectivity index (χ2v) is 7.94. The average molecular weight is 409 g/mol. The lowest BCUT2D eigenvalue weighted by molar-refractivity contribution is -0.139. The van der Waals surface area contributed by atoms with Crippen molar-refractivity contribution in [3.05, 3.63) is 24.8 Å². The van der Waals surface area contributed by atoms with Gasteiger partial charge in [0, 0.05) is 11.6 Å². The third-order valence-corrected chi connectivity index (χ3v) is 5.03. The summed E-state index contributed by atoms with van der Waals surface area (Å²) >= 11 is 0. The molecule has 168 valence electrons. The molecular formula is C25H44O4. The van der Waals surface area contributed by atoms with Crippen molar-refractivity contribution in [2.75, 3.05) is 13.2 Å². The average Bonchev–Trinajstić information content (AvgIpc) is 2.71. The molecule has 0 aromatic rings. The predicted octanol–water partition coefficient (Wildman–Crippen LogP) is 7.08. The smallest absolute Gasteiger partial charge is 0.333 e. The molecule has 0 atom stereocenters. The summed E-state index contributed by atoms with van der Waals surface area (Å²) in [7, 11) is 0. The van der Waals surface area contributed by atoms with E-state index >= 15 is 0 Å². The fourth-order valence-corrected chi connectivity index (χ4v) is 3.20. The van der Waals surface area contributed by atoms with Crippen molar-refractivity contribution >= 4 is 11.9 Å². The van der Waals surface area contributed by atoms with Crippen molar-refractivity contribution in [3.63, 3.8) is 0 Å². The van der Waals surface area contributed by atoms with E-state index in [4.69, 9.17) is 9.47 Å². The van der Waals surface area contributed by atoms with E-state index < -0.39 is 0 Å². The zero-order chi connectivity index (χ0) is 21.6. The third kappa shape index (κ3) is 21.0. The summed E-state index contributed by atoms with van der Waals surface area (Å²) in [5, 5.41) is 0. The van der Waals surface area contributed by atoms with Crippen LogP contribution in [0, 0.1) is 0 Å². The number of esters is 2. The number of hydrogen-bond acceptors (Lipinski definition) is 4. The maximum atomic E-state index is 11.2. The molecule has 0 aromatic carbocycles. The van der Waals surface area contributed by atoms with Gasteiger partial charge in [-0.2, -0.15) is 0 Å². The molecule has 0 aliphatic rings. The highest BCUT2D eigenvalue weighted by atomic mass is 16.5. The van der Waals surface area contributed by atoms with Crippen molar-refractivity contribution in [2.24, 2.45) is 0 Å². The summed E-state index contributed by atoms with van der Waals surface area (Å²) in [6, 6.07) is 0. The van der Waals surface area contributed by atoms with Crippen LogP contribution in [-0.4, -0.2) is 25.2 Å². The number of unbranched alkanes of at least 4 members (excludes halogenated alkanes) is 15. The first kappa shape index (κ1) is 27.4. The Balaban J connectivity index is 3.10. The Labute approximate surface area is 179 Å². The van der Waals surface area contributed by atoms with Crippen molar-refractivity contribution in [3.8, 4) is 0 Å². The largest absolute Gasteiger partial charge is 0.463 e. The molecule has 0 saturated carbocycles. The van der Waals surface area contributed by atoms with Crippen LogP contribution in [0.5, 0.6) is 0 Å². The predicted molar refractivity (Wildman–Crippen MR) is 121 cm³/mol. The molecule has 4 nitrogen and oxygen atoms in total. The van der Waals surface area contributed by atoms with Gasteiger partial charge in [-0.1, -0.05) is 103 Å². The van der Waals surface area contributed by atoms with Crippen LogP contribution in [-0.2, 0) is 19.1 Å². The number of ether oxygens (including phenoxy) is 2. The van der Waals surface area contributed by atoms with E-state index in [9.17, 15) is 9.59 Å². The minimum atomic E-state index is -0.316. The summed E-state index contributed by atoms with van der Waals surface area (Å²) in [5.74, 6) is -0.586. The molecule has 0 rings (SSSR count). The first-order valence-corrected chi connectivity index (χ1v) is 11.7. The van der Waals surface area contributed by atoms with Gasteiger partial charge in [0.1, 0.15) is 0 Å². The zero-order valence-corrected chi connectivity index (χ0v) is 18.9. The molecule has 0 radical (unpaired) electrons. The van der Waals surface area contributed by atoms with Gasteiger partial charge in [0.15, 0.2) is 0 Å². The normalized spacial score (nSPS) is 10.5. The van der Waals surface area contributed by atoms with Crippen LogP contribution in [0.2, 0.25) is 0 Å². The first-order valence-electron chi connectivity index (χ1n) is 11.7. The summed E-state index contributed by atoms with van der Waals surface area (Å²) in [6.07, 6.45) is 21.3. The van der Waals surface area contributed by atoms with E-state index in [2.05, 4.69) is 13.2 Å². The minimum Gasteiger partial charge on any atom is -0.463 e. The third-order valence-electron chi connectivity index (χ3n) is 5.03. The Bertz CT molecular complexity index is 442. The van der Waals surface area contributed by atoms with Gasteiger partial charge in [-0.15, -0.1) is 0 Å². The van der Waals surface area contributed by atoms with Gasteiger partial charge in [0.05, 0.1) is 13.2 Å². The lowest BCUT2D eigenvalue weighted by Crippen LogP contribution is -2.05. The molecule has 0 aliphatic carbocycles. The molecule has 4 heteroatoms. The Kier molecular flexibility index (Phi) is 20.0. The Morgan fingerprint density at radius 2 is 0.931 bits per heavy atom. The minimum absolute atomic E-state index is 0.270. The van der Waals surface area contributed by atoms with Crippen molar-refractivity contribution in [1.82, 2.24) is 0 Å². The summed E-state index contributed by atoms with van der Waals surface area (Å²) in [4.78, 5) is 22.1. The number of carbonyl (C=O) groups is 2. The SMILES string of the molecule is C=CC(=O)OCCCCCCCCCCCCCCCCCCOC(=O)C(=C)C. The quantitative estimate of drug-likeness (QED) is 0.116. The van der Waals surface area contributed by atoms with Gasteiger partial charge in [0.25, 0.3) is 0 Å². The van der Waals surface area contributed by atoms with Gasteiger partial charge in [-0.3, -0.25) is 0 Å². The van der Waals surface area contributed by atoms with E-state index in [0.717, 1.165) is 25.7 Å². The second kappa shape index (κ2) is 21.1. The van der Waals surface area contributed by atoms with Gasteiger partial charge in [-0.25, -0.2) is 9.59 Å². The van der Waals surface area contributed by atoms with E-state index in [1.165, 1.54) is 83.1 Å². The molecule has 0 saturated heterocycles. The van der Waals surface area contributed by atoms with E-state index in [-0.39, 0.29) is 11.9 Å². The summed E-state index contributed by atoms with van der Waals surface area (Å²) < 4.78 is 10.0. The highest BCUT2D eigenvalue weighted by Gasteiger charge is 2.01. The molecule has 0 aromatic heterocycles. The highest BCUT2D eigenvalue weighted by Crippen LogP contribution is 2.13.